The molecule has 0 fully saturated rings. The molecule has 1 aromatic carbocycles. The van der Waals surface area contributed by atoms with Gasteiger partial charge in [-0.05, 0) is 12.1 Å². The van der Waals surface area contributed by atoms with Crippen molar-refractivity contribution >= 4 is 28.7 Å². The van der Waals surface area contributed by atoms with Gasteiger partial charge in [0.05, 0.1) is 23.4 Å². The third-order valence-electron chi connectivity index (χ3n) is 2.51. The van der Waals surface area contributed by atoms with E-state index < -0.39 is 5.91 Å². The minimum absolute atomic E-state index is 0.139. The summed E-state index contributed by atoms with van der Waals surface area (Å²) in [5, 5.41) is 2.61. The van der Waals surface area contributed by atoms with E-state index in [-0.39, 0.29) is 11.5 Å². The number of aromatic nitrogens is 4. The van der Waals surface area contributed by atoms with E-state index in [0.717, 1.165) is 11.0 Å². The zero-order chi connectivity index (χ0) is 13.2. The Morgan fingerprint density at radius 2 is 2.05 bits per heavy atom. The molecule has 0 saturated heterocycles. The number of para-hydroxylation sites is 2. The molecule has 4 N–H and O–H groups in total. The number of imidazole rings is 1. The highest BCUT2D eigenvalue weighted by Gasteiger charge is 2.11. The van der Waals surface area contributed by atoms with Crippen molar-refractivity contribution in [3.8, 4) is 0 Å². The van der Waals surface area contributed by atoms with Gasteiger partial charge in [-0.15, -0.1) is 0 Å². The van der Waals surface area contributed by atoms with Crippen LogP contribution < -0.4 is 11.1 Å². The lowest BCUT2D eigenvalue weighted by molar-refractivity contribution is 0.102. The van der Waals surface area contributed by atoms with Crippen LogP contribution in [0.2, 0.25) is 0 Å². The normalized spacial score (nSPS) is 10.5. The predicted molar refractivity (Wildman–Crippen MR) is 70.5 cm³/mol. The molecule has 3 rings (SSSR count). The number of fused-ring (bicyclic) bond motifs is 1. The molecule has 0 unspecified atom stereocenters. The van der Waals surface area contributed by atoms with Crippen LogP contribution in [0.25, 0.3) is 11.0 Å². The first-order chi connectivity index (χ1) is 9.22. The number of nitrogens with zero attached hydrogens (tertiary/aromatic N) is 3. The van der Waals surface area contributed by atoms with Gasteiger partial charge in [0.2, 0.25) is 5.95 Å². The summed E-state index contributed by atoms with van der Waals surface area (Å²) in [6.07, 6.45) is 2.71. The molecule has 0 radical (unpaired) electrons. The molecule has 19 heavy (non-hydrogen) atoms. The lowest BCUT2D eigenvalue weighted by Gasteiger charge is -2.00. The molecule has 0 saturated carbocycles. The lowest BCUT2D eigenvalue weighted by Crippen LogP contribution is -2.15. The second-order valence-corrected chi connectivity index (χ2v) is 3.89. The van der Waals surface area contributed by atoms with Crippen LogP contribution in [-0.4, -0.2) is 25.8 Å². The number of nitrogens with one attached hydrogen (secondary N) is 2. The average molecular weight is 254 g/mol. The van der Waals surface area contributed by atoms with E-state index in [2.05, 4.69) is 25.3 Å². The maximum Gasteiger partial charge on any atom is 0.278 e. The number of hydrogen-bond donors (Lipinski definition) is 3. The highest BCUT2D eigenvalue weighted by Crippen LogP contribution is 2.13. The third-order valence-corrected chi connectivity index (χ3v) is 2.51. The number of hydrogen-bond acceptors (Lipinski definition) is 5. The summed E-state index contributed by atoms with van der Waals surface area (Å²) in [7, 11) is 0. The fraction of sp³-hybridized carbons (Fsp3) is 0. The Labute approximate surface area is 107 Å². The molecule has 2 heterocycles. The highest BCUT2D eigenvalue weighted by molar-refractivity contribution is 6.02. The monoisotopic (exact) mass is 254 g/mol. The van der Waals surface area contributed by atoms with E-state index >= 15 is 0 Å². The van der Waals surface area contributed by atoms with Crippen molar-refractivity contribution < 1.29 is 4.79 Å². The van der Waals surface area contributed by atoms with Crippen LogP contribution in [0.15, 0.2) is 36.7 Å². The minimum atomic E-state index is -0.418. The fourth-order valence-electron chi connectivity index (χ4n) is 1.67. The SMILES string of the molecule is Nc1cncc(C(=O)Nc2nc3ccccc3[nH]2)n1. The number of carbonyl (C=O) groups is 1. The van der Waals surface area contributed by atoms with E-state index in [1.165, 1.54) is 12.4 Å². The highest BCUT2D eigenvalue weighted by atomic mass is 16.2. The van der Waals surface area contributed by atoms with E-state index in [9.17, 15) is 4.79 Å². The molecule has 0 bridgehead atoms. The summed E-state index contributed by atoms with van der Waals surface area (Å²) in [6, 6.07) is 7.48. The topological polar surface area (TPSA) is 110 Å². The van der Waals surface area contributed by atoms with Gasteiger partial charge in [0, 0.05) is 0 Å². The van der Waals surface area contributed by atoms with Crippen molar-refractivity contribution in [1.29, 1.82) is 0 Å². The number of rotatable bonds is 2. The molecule has 0 atom stereocenters. The molecular formula is C12H10N6O. The second-order valence-electron chi connectivity index (χ2n) is 3.89. The molecule has 0 spiro atoms. The number of carbonyl (C=O) groups excluding carboxylic acids is 1. The van der Waals surface area contributed by atoms with Crippen LogP contribution in [-0.2, 0) is 0 Å². The van der Waals surface area contributed by atoms with Gasteiger partial charge in [-0.25, -0.2) is 9.97 Å². The number of H-pyrrole nitrogens is 1. The van der Waals surface area contributed by atoms with Gasteiger partial charge in [-0.3, -0.25) is 15.1 Å². The maximum atomic E-state index is 11.9. The molecule has 0 aliphatic heterocycles. The van der Waals surface area contributed by atoms with Crippen molar-refractivity contribution in [3.63, 3.8) is 0 Å². The first-order valence-electron chi connectivity index (χ1n) is 5.56. The molecule has 0 aliphatic rings. The lowest BCUT2D eigenvalue weighted by atomic mass is 10.3. The zero-order valence-corrected chi connectivity index (χ0v) is 9.79. The summed E-state index contributed by atoms with van der Waals surface area (Å²) in [4.78, 5) is 26.8. The van der Waals surface area contributed by atoms with Crippen LogP contribution in [0.1, 0.15) is 10.5 Å². The Bertz CT molecular complexity index is 718. The Hall–Kier alpha value is -2.96. The van der Waals surface area contributed by atoms with Crippen LogP contribution in [0.5, 0.6) is 0 Å². The number of nitrogen functional groups attached to an aromatic ring is 1. The summed E-state index contributed by atoms with van der Waals surface area (Å²) < 4.78 is 0. The van der Waals surface area contributed by atoms with Crippen LogP contribution in [0, 0.1) is 0 Å². The van der Waals surface area contributed by atoms with Gasteiger partial charge in [0.1, 0.15) is 11.5 Å². The Balaban J connectivity index is 1.86. The summed E-state index contributed by atoms with van der Waals surface area (Å²) >= 11 is 0. The Morgan fingerprint density at radius 3 is 2.84 bits per heavy atom. The van der Waals surface area contributed by atoms with Crippen molar-refractivity contribution in [2.24, 2.45) is 0 Å². The number of nitrogens with two attached hydrogens (primary N) is 1. The quantitative estimate of drug-likeness (QED) is 0.636. The number of amides is 1. The Morgan fingerprint density at radius 1 is 1.21 bits per heavy atom. The van der Waals surface area contributed by atoms with Crippen LogP contribution in [0.4, 0.5) is 11.8 Å². The van der Waals surface area contributed by atoms with Gasteiger partial charge in [-0.1, -0.05) is 12.1 Å². The predicted octanol–water partition coefficient (Wildman–Crippen LogP) is 1.19. The van der Waals surface area contributed by atoms with Gasteiger partial charge >= 0.3 is 0 Å². The van der Waals surface area contributed by atoms with E-state index in [1.54, 1.807) is 0 Å². The molecule has 0 aliphatic carbocycles. The molecule has 2 aromatic heterocycles. The second kappa shape index (κ2) is 4.37. The molecule has 7 nitrogen and oxygen atoms in total. The largest absolute Gasteiger partial charge is 0.382 e. The summed E-state index contributed by atoms with van der Waals surface area (Å²) in [5.74, 6) is 0.131. The molecule has 94 valence electrons. The molecule has 7 heteroatoms. The van der Waals surface area contributed by atoms with Gasteiger partial charge < -0.3 is 10.7 Å². The van der Waals surface area contributed by atoms with Gasteiger partial charge in [0.25, 0.3) is 5.91 Å². The zero-order valence-electron chi connectivity index (χ0n) is 9.79. The van der Waals surface area contributed by atoms with Gasteiger partial charge in [-0.2, -0.15) is 0 Å². The van der Waals surface area contributed by atoms with Crippen molar-refractivity contribution in [1.82, 2.24) is 19.9 Å². The molecule has 3 aromatic rings. The van der Waals surface area contributed by atoms with Crippen LogP contribution in [0.3, 0.4) is 0 Å². The molecule has 1 amide bonds. The standard InChI is InChI=1S/C12H10N6O/c13-10-6-14-5-9(15-10)11(19)18-12-16-7-3-1-2-4-8(7)17-12/h1-6H,(H2,13,15)(H2,16,17,18,19). The van der Waals surface area contributed by atoms with Crippen molar-refractivity contribution in [3.05, 3.63) is 42.4 Å². The van der Waals surface area contributed by atoms with E-state index in [0.29, 0.717) is 5.95 Å². The van der Waals surface area contributed by atoms with Crippen molar-refractivity contribution in [2.45, 2.75) is 0 Å². The Kier molecular flexibility index (Phi) is 2.57. The van der Waals surface area contributed by atoms with Gasteiger partial charge in [0.15, 0.2) is 0 Å². The number of anilines is 2. The first-order valence-corrected chi connectivity index (χ1v) is 5.56. The van der Waals surface area contributed by atoms with E-state index in [1.807, 2.05) is 24.3 Å². The maximum absolute atomic E-state index is 11.9. The fourth-order valence-corrected chi connectivity index (χ4v) is 1.67. The smallest absolute Gasteiger partial charge is 0.278 e. The van der Waals surface area contributed by atoms with Crippen molar-refractivity contribution in [2.75, 3.05) is 11.1 Å². The minimum Gasteiger partial charge on any atom is -0.382 e. The first kappa shape index (κ1) is 11.1. The summed E-state index contributed by atoms with van der Waals surface area (Å²) in [5.41, 5.74) is 7.23. The van der Waals surface area contributed by atoms with Crippen LogP contribution >= 0.6 is 0 Å². The third kappa shape index (κ3) is 2.21. The average Bonchev–Trinajstić information content (AvgIpc) is 2.80. The number of benzene rings is 1. The summed E-state index contributed by atoms with van der Waals surface area (Å²) in [6.45, 7) is 0. The molecular weight excluding hydrogens is 244 g/mol. The number of aromatic amines is 1. The van der Waals surface area contributed by atoms with E-state index in [4.69, 9.17) is 5.73 Å².